The second kappa shape index (κ2) is 10.7. The maximum atomic E-state index is 12.4. The molecule has 0 saturated carbocycles. The van der Waals surface area contributed by atoms with E-state index in [1.807, 2.05) is 0 Å². The van der Waals surface area contributed by atoms with Gasteiger partial charge < -0.3 is 5.11 Å². The number of fused-ring (bicyclic) bond motifs is 1. The molecule has 0 radical (unpaired) electrons. The van der Waals surface area contributed by atoms with Crippen molar-refractivity contribution in [3.05, 3.63) is 52.6 Å². The first kappa shape index (κ1) is 30.9. The Bertz CT molecular complexity index is 2000. The summed E-state index contributed by atoms with van der Waals surface area (Å²) in [5.74, 6) is -1.78. The summed E-state index contributed by atoms with van der Waals surface area (Å²) in [5, 5.41) is 28.2. The number of nitro benzene ring substituents is 1. The predicted octanol–water partition coefficient (Wildman–Crippen LogP) is 1.96. The van der Waals surface area contributed by atoms with E-state index in [9.17, 15) is 58.0 Å². The monoisotopic (exact) mass is 641 g/mol. The van der Waals surface area contributed by atoms with Gasteiger partial charge in [0.25, 0.3) is 25.9 Å². The number of benzene rings is 3. The molecule has 40 heavy (non-hydrogen) atoms. The molecule has 0 atom stereocenters. The Balaban J connectivity index is 2.16. The molecule has 0 fully saturated rings. The lowest BCUT2D eigenvalue weighted by atomic mass is 10.1. The van der Waals surface area contributed by atoms with Crippen LogP contribution < -0.4 is 0 Å². The van der Waals surface area contributed by atoms with E-state index in [0.717, 1.165) is 30.3 Å². The zero-order valence-corrected chi connectivity index (χ0v) is 22.5. The normalized spacial score (nSPS) is 13.2. The molecule has 0 heterocycles. The van der Waals surface area contributed by atoms with Gasteiger partial charge >= 0.3 is 10.4 Å². The van der Waals surface area contributed by atoms with E-state index in [4.69, 9.17) is 4.55 Å². The Hall–Kier alpha value is -3.64. The third-order valence-corrected chi connectivity index (χ3v) is 8.78. The van der Waals surface area contributed by atoms with Crippen molar-refractivity contribution >= 4 is 68.3 Å². The number of sulfone groups is 1. The fourth-order valence-corrected chi connectivity index (χ4v) is 6.09. The summed E-state index contributed by atoms with van der Waals surface area (Å²) in [6.45, 7) is -1.01. The van der Waals surface area contributed by atoms with Crippen molar-refractivity contribution in [3.8, 4) is 5.75 Å². The molecular weight excluding hydrogens is 626 g/mol. The van der Waals surface area contributed by atoms with Gasteiger partial charge in [-0.25, -0.2) is 12.6 Å². The minimum absolute atomic E-state index is 0.280. The minimum Gasteiger partial charge on any atom is -0.506 e. The summed E-state index contributed by atoms with van der Waals surface area (Å²) in [6.07, 6.45) is 0. The lowest BCUT2D eigenvalue weighted by Crippen LogP contribution is -2.15. The van der Waals surface area contributed by atoms with E-state index in [2.05, 4.69) is 14.4 Å². The zero-order chi connectivity index (χ0) is 30.3. The van der Waals surface area contributed by atoms with E-state index in [0.29, 0.717) is 12.1 Å². The van der Waals surface area contributed by atoms with Crippen molar-refractivity contribution in [2.75, 3.05) is 12.4 Å². The molecule has 0 saturated heterocycles. The summed E-state index contributed by atoms with van der Waals surface area (Å²) in [5.41, 5.74) is -2.28. The lowest BCUT2D eigenvalue weighted by molar-refractivity contribution is -0.384. The SMILES string of the molecule is O=[N+]([O-])c1cc(S(=O)(=O)CCOS(=O)(=O)O)ccc1N=Nc1c(O)ccc2cc(S(=O)(=O)O)cc(S(=O)(=O)O)c12. The van der Waals surface area contributed by atoms with E-state index in [1.54, 1.807) is 0 Å². The molecule has 0 aliphatic rings. The molecule has 3 aromatic carbocycles. The maximum Gasteiger partial charge on any atom is 0.397 e. The maximum absolute atomic E-state index is 12.4. The van der Waals surface area contributed by atoms with Crippen molar-refractivity contribution in [2.45, 2.75) is 14.7 Å². The van der Waals surface area contributed by atoms with Crippen molar-refractivity contribution in [1.29, 1.82) is 0 Å². The molecule has 0 aliphatic carbocycles. The number of hydrogen-bond donors (Lipinski definition) is 4. The number of phenolic OH excluding ortho intramolecular Hbond substituents is 1. The standard InChI is InChI=1S/C18H15N3O15S4/c22-15-4-1-10-7-12(38(27,28)29)9-16(39(30,31)32)17(10)18(15)20-19-13-3-2-11(8-14(13)21(23)24)37(25,26)6-5-36-40(33,34)35/h1-4,7-9,22H,5-6H2,(H,27,28,29)(H,30,31,32)(H,33,34,35). The highest BCUT2D eigenvalue weighted by Crippen LogP contribution is 2.41. The third kappa shape index (κ3) is 7.11. The molecule has 0 amide bonds. The van der Waals surface area contributed by atoms with Crippen molar-refractivity contribution in [3.63, 3.8) is 0 Å². The van der Waals surface area contributed by atoms with Gasteiger partial charge in [-0.15, -0.1) is 10.2 Å². The van der Waals surface area contributed by atoms with Crippen LogP contribution in [0.2, 0.25) is 0 Å². The fourth-order valence-electron chi connectivity index (χ4n) is 3.22. The Kier molecular flexibility index (Phi) is 8.29. The first-order valence-corrected chi connectivity index (χ1v) is 15.9. The summed E-state index contributed by atoms with van der Waals surface area (Å²) in [6, 6.07) is 5.26. The molecule has 3 rings (SSSR count). The number of azo groups is 1. The lowest BCUT2D eigenvalue weighted by Gasteiger charge is -2.10. The summed E-state index contributed by atoms with van der Waals surface area (Å²) in [4.78, 5) is 7.80. The molecule has 0 bridgehead atoms. The average Bonchev–Trinajstić information content (AvgIpc) is 2.80. The molecule has 216 valence electrons. The Morgan fingerprint density at radius 2 is 1.48 bits per heavy atom. The van der Waals surface area contributed by atoms with Crippen LogP contribution in [0.15, 0.2) is 67.4 Å². The molecule has 0 spiro atoms. The van der Waals surface area contributed by atoms with Gasteiger partial charge in [0.15, 0.2) is 15.5 Å². The highest BCUT2D eigenvalue weighted by Gasteiger charge is 2.25. The fraction of sp³-hybridized carbons (Fsp3) is 0.111. The number of hydrogen-bond acceptors (Lipinski definition) is 14. The van der Waals surface area contributed by atoms with Crippen LogP contribution in [0.25, 0.3) is 10.8 Å². The quantitative estimate of drug-likeness (QED) is 0.106. The first-order valence-electron chi connectivity index (χ1n) is 10.0. The number of phenols is 1. The van der Waals surface area contributed by atoms with Crippen LogP contribution in [0, 0.1) is 10.1 Å². The first-order chi connectivity index (χ1) is 18.2. The molecule has 0 unspecified atom stereocenters. The van der Waals surface area contributed by atoms with Crippen molar-refractivity contribution in [1.82, 2.24) is 0 Å². The van der Waals surface area contributed by atoms with Gasteiger partial charge in [0.1, 0.15) is 16.3 Å². The van der Waals surface area contributed by atoms with Crippen LogP contribution >= 0.6 is 0 Å². The molecule has 3 aromatic rings. The Labute approximate surface area is 225 Å². The highest BCUT2D eigenvalue weighted by molar-refractivity contribution is 7.91. The summed E-state index contributed by atoms with van der Waals surface area (Å²) < 4.78 is 125. The van der Waals surface area contributed by atoms with E-state index >= 15 is 0 Å². The zero-order valence-electron chi connectivity index (χ0n) is 19.2. The molecule has 0 aliphatic heterocycles. The molecular formula is C18H15N3O15S4. The van der Waals surface area contributed by atoms with Gasteiger partial charge in [-0.05, 0) is 35.7 Å². The smallest absolute Gasteiger partial charge is 0.397 e. The number of nitrogens with zero attached hydrogens (tertiary/aromatic N) is 3. The topological polar surface area (TPSA) is 295 Å². The van der Waals surface area contributed by atoms with Gasteiger partial charge in [0.2, 0.25) is 0 Å². The van der Waals surface area contributed by atoms with Crippen LogP contribution in [0.3, 0.4) is 0 Å². The third-order valence-electron chi connectivity index (χ3n) is 4.93. The van der Waals surface area contributed by atoms with Gasteiger partial charge in [-0.1, -0.05) is 6.07 Å². The molecule has 0 aromatic heterocycles. The van der Waals surface area contributed by atoms with E-state index < -0.39 is 101 Å². The van der Waals surface area contributed by atoms with Crippen LogP contribution in [0.1, 0.15) is 0 Å². The minimum atomic E-state index is -5.22. The van der Waals surface area contributed by atoms with E-state index in [-0.39, 0.29) is 5.39 Å². The van der Waals surface area contributed by atoms with Crippen LogP contribution in [-0.4, -0.2) is 69.7 Å². The van der Waals surface area contributed by atoms with Gasteiger partial charge in [0, 0.05) is 11.5 Å². The highest BCUT2D eigenvalue weighted by atomic mass is 32.3. The second-order valence-electron chi connectivity index (χ2n) is 7.58. The van der Waals surface area contributed by atoms with Crippen LogP contribution in [0.4, 0.5) is 17.1 Å². The van der Waals surface area contributed by atoms with Gasteiger partial charge in [0.05, 0.1) is 27.1 Å². The van der Waals surface area contributed by atoms with Crippen LogP contribution in [0.5, 0.6) is 5.75 Å². The number of rotatable bonds is 10. The molecule has 18 nitrogen and oxygen atoms in total. The second-order valence-corrected chi connectivity index (χ2v) is 13.6. The largest absolute Gasteiger partial charge is 0.506 e. The molecule has 4 N–H and O–H groups in total. The summed E-state index contributed by atoms with van der Waals surface area (Å²) in [7, 11) is -19.5. The molecule has 22 heteroatoms. The Morgan fingerprint density at radius 1 is 0.825 bits per heavy atom. The van der Waals surface area contributed by atoms with E-state index in [1.165, 1.54) is 0 Å². The van der Waals surface area contributed by atoms with Crippen molar-refractivity contribution < 1.29 is 61.5 Å². The number of nitro groups is 1. The number of aromatic hydroxyl groups is 1. The Morgan fingerprint density at radius 3 is 2.02 bits per heavy atom. The van der Waals surface area contributed by atoms with Gasteiger partial charge in [-0.2, -0.15) is 25.3 Å². The average molecular weight is 642 g/mol. The predicted molar refractivity (Wildman–Crippen MR) is 132 cm³/mol. The van der Waals surface area contributed by atoms with Gasteiger partial charge in [-0.3, -0.25) is 23.8 Å². The van der Waals surface area contributed by atoms with Crippen molar-refractivity contribution in [2.24, 2.45) is 10.2 Å². The van der Waals surface area contributed by atoms with Crippen LogP contribution in [-0.2, 0) is 44.7 Å². The summed E-state index contributed by atoms with van der Waals surface area (Å²) >= 11 is 0.